The predicted molar refractivity (Wildman–Crippen MR) is 55.1 cm³/mol. The van der Waals surface area contributed by atoms with E-state index in [1.54, 1.807) is 0 Å². The molecule has 0 unspecified atom stereocenters. The van der Waals surface area contributed by atoms with Gasteiger partial charge in [-0.2, -0.15) is 0 Å². The van der Waals surface area contributed by atoms with Crippen LogP contribution in [0.4, 0.5) is 0 Å². The van der Waals surface area contributed by atoms with Gasteiger partial charge in [0.05, 0.1) is 10.5 Å². The number of rotatable bonds is 4. The number of amides is 1. The van der Waals surface area contributed by atoms with Gasteiger partial charge in [0.25, 0.3) is 5.91 Å². The third-order valence-corrected chi connectivity index (χ3v) is 3.55. The minimum atomic E-state index is -0.870. The number of primary amides is 1. The van der Waals surface area contributed by atoms with Crippen LogP contribution < -0.4 is 5.73 Å². The van der Waals surface area contributed by atoms with Crippen LogP contribution >= 0.6 is 11.3 Å². The number of carbonyl (C=O) groups is 1. The monoisotopic (exact) mass is 214 g/mol. The molecule has 0 saturated heterocycles. The van der Waals surface area contributed by atoms with Gasteiger partial charge in [-0.3, -0.25) is 4.79 Å². The first kappa shape index (κ1) is 11.1. The van der Waals surface area contributed by atoms with Crippen molar-refractivity contribution >= 4 is 17.2 Å². The number of aliphatic hydroxyl groups is 1. The van der Waals surface area contributed by atoms with Gasteiger partial charge in [-0.25, -0.2) is 4.98 Å². The average Bonchev–Trinajstić information content (AvgIpc) is 2.66. The molecule has 0 aliphatic rings. The summed E-state index contributed by atoms with van der Waals surface area (Å²) in [4.78, 5) is 15.4. The van der Waals surface area contributed by atoms with E-state index >= 15 is 0 Å². The first-order chi connectivity index (χ1) is 6.53. The van der Waals surface area contributed by atoms with Gasteiger partial charge in [0.2, 0.25) is 0 Å². The maximum absolute atomic E-state index is 10.8. The van der Waals surface area contributed by atoms with Gasteiger partial charge in [-0.05, 0) is 12.8 Å². The van der Waals surface area contributed by atoms with Gasteiger partial charge in [0.15, 0.2) is 5.01 Å². The van der Waals surface area contributed by atoms with E-state index in [4.69, 9.17) is 5.73 Å². The van der Waals surface area contributed by atoms with Crippen molar-refractivity contribution < 1.29 is 9.90 Å². The molecular weight excluding hydrogens is 200 g/mol. The van der Waals surface area contributed by atoms with Crippen LogP contribution in [0.25, 0.3) is 0 Å². The summed E-state index contributed by atoms with van der Waals surface area (Å²) < 4.78 is 0. The lowest BCUT2D eigenvalue weighted by atomic mass is 9.96. The van der Waals surface area contributed by atoms with Gasteiger partial charge in [-0.15, -0.1) is 11.3 Å². The number of carbonyl (C=O) groups excluding carboxylic acids is 1. The molecule has 78 valence electrons. The summed E-state index contributed by atoms with van der Waals surface area (Å²) in [5.74, 6) is -0.546. The molecule has 1 amide bonds. The summed E-state index contributed by atoms with van der Waals surface area (Å²) in [6.07, 6.45) is 2.73. The molecule has 0 bridgehead atoms. The molecule has 1 rings (SSSR count). The molecule has 1 aromatic rings. The Morgan fingerprint density at radius 1 is 1.64 bits per heavy atom. The normalized spacial score (nSPS) is 11.6. The van der Waals surface area contributed by atoms with Gasteiger partial charge < -0.3 is 10.8 Å². The Labute approximate surface area is 86.8 Å². The fourth-order valence-electron chi connectivity index (χ4n) is 1.20. The van der Waals surface area contributed by atoms with E-state index in [1.807, 2.05) is 13.8 Å². The first-order valence-corrected chi connectivity index (χ1v) is 5.33. The van der Waals surface area contributed by atoms with Gasteiger partial charge in [-0.1, -0.05) is 13.8 Å². The highest BCUT2D eigenvalue weighted by Gasteiger charge is 2.27. The van der Waals surface area contributed by atoms with Crippen LogP contribution in [-0.2, 0) is 5.60 Å². The van der Waals surface area contributed by atoms with Crippen LogP contribution in [0, 0.1) is 0 Å². The first-order valence-electron chi connectivity index (χ1n) is 4.52. The van der Waals surface area contributed by atoms with Crippen molar-refractivity contribution in [3.63, 3.8) is 0 Å². The van der Waals surface area contributed by atoms with Crippen LogP contribution in [0.1, 0.15) is 41.4 Å². The number of hydrogen-bond donors (Lipinski definition) is 2. The minimum Gasteiger partial charge on any atom is -0.384 e. The molecule has 4 nitrogen and oxygen atoms in total. The Morgan fingerprint density at radius 2 is 2.21 bits per heavy atom. The SMILES string of the molecule is CCC(O)(CC)c1cnc(C(N)=O)s1. The summed E-state index contributed by atoms with van der Waals surface area (Å²) in [6.45, 7) is 3.79. The third-order valence-electron chi connectivity index (χ3n) is 2.34. The van der Waals surface area contributed by atoms with Gasteiger partial charge >= 0.3 is 0 Å². The maximum atomic E-state index is 10.8. The zero-order chi connectivity index (χ0) is 10.8. The highest BCUT2D eigenvalue weighted by molar-refractivity contribution is 7.13. The van der Waals surface area contributed by atoms with Crippen molar-refractivity contribution in [3.05, 3.63) is 16.1 Å². The van der Waals surface area contributed by atoms with Gasteiger partial charge in [0, 0.05) is 6.20 Å². The lowest BCUT2D eigenvalue weighted by Crippen LogP contribution is -2.21. The molecule has 0 fully saturated rings. The lowest BCUT2D eigenvalue weighted by molar-refractivity contribution is 0.0319. The molecule has 0 atom stereocenters. The Kier molecular flexibility index (Phi) is 3.23. The zero-order valence-electron chi connectivity index (χ0n) is 8.28. The second-order valence-electron chi connectivity index (χ2n) is 3.13. The topological polar surface area (TPSA) is 76.2 Å². The fraction of sp³-hybridized carbons (Fsp3) is 0.556. The van der Waals surface area contributed by atoms with Crippen LogP contribution in [0.5, 0.6) is 0 Å². The van der Waals surface area contributed by atoms with Crippen molar-refractivity contribution in [2.24, 2.45) is 5.73 Å². The molecule has 0 aromatic carbocycles. The largest absolute Gasteiger partial charge is 0.384 e. The van der Waals surface area contributed by atoms with Crippen molar-refractivity contribution in [2.75, 3.05) is 0 Å². The summed E-state index contributed by atoms with van der Waals surface area (Å²) in [6, 6.07) is 0. The summed E-state index contributed by atoms with van der Waals surface area (Å²) in [5.41, 5.74) is 4.21. The summed E-state index contributed by atoms with van der Waals surface area (Å²) in [5, 5.41) is 10.4. The Morgan fingerprint density at radius 3 is 2.57 bits per heavy atom. The Hall–Kier alpha value is -0.940. The maximum Gasteiger partial charge on any atom is 0.277 e. The Balaban J connectivity index is 3.01. The Bertz CT molecular complexity index is 331. The molecule has 5 heteroatoms. The van der Waals surface area contributed by atoms with E-state index in [0.717, 1.165) is 11.3 Å². The molecule has 0 radical (unpaired) electrons. The highest BCUT2D eigenvalue weighted by atomic mass is 32.1. The van der Waals surface area contributed by atoms with E-state index in [0.29, 0.717) is 17.7 Å². The molecular formula is C9H14N2O2S. The predicted octanol–water partition coefficient (Wildman–Crippen LogP) is 1.25. The van der Waals surface area contributed by atoms with Crippen LogP contribution in [0.15, 0.2) is 6.20 Å². The van der Waals surface area contributed by atoms with Crippen LogP contribution in [-0.4, -0.2) is 16.0 Å². The molecule has 0 saturated carbocycles. The molecule has 0 aliphatic carbocycles. The van der Waals surface area contributed by atoms with Crippen molar-refractivity contribution in [1.82, 2.24) is 4.98 Å². The highest BCUT2D eigenvalue weighted by Crippen LogP contribution is 2.32. The van der Waals surface area contributed by atoms with E-state index in [1.165, 1.54) is 6.20 Å². The average molecular weight is 214 g/mol. The summed E-state index contributed by atoms with van der Waals surface area (Å²) in [7, 11) is 0. The van der Waals surface area contributed by atoms with Crippen molar-refractivity contribution in [2.45, 2.75) is 32.3 Å². The number of aromatic nitrogens is 1. The van der Waals surface area contributed by atoms with Crippen molar-refractivity contribution in [3.8, 4) is 0 Å². The van der Waals surface area contributed by atoms with E-state index < -0.39 is 11.5 Å². The second-order valence-corrected chi connectivity index (χ2v) is 4.16. The fourth-order valence-corrected chi connectivity index (χ4v) is 2.20. The van der Waals surface area contributed by atoms with Crippen LogP contribution in [0.3, 0.4) is 0 Å². The molecule has 3 N–H and O–H groups in total. The van der Waals surface area contributed by atoms with Crippen LogP contribution in [0.2, 0.25) is 0 Å². The standard InChI is InChI=1S/C9H14N2O2S/c1-3-9(13,4-2)6-5-11-8(14-6)7(10)12/h5,13H,3-4H2,1-2H3,(H2,10,12). The molecule has 0 spiro atoms. The van der Waals surface area contributed by atoms with E-state index in [-0.39, 0.29) is 5.01 Å². The van der Waals surface area contributed by atoms with E-state index in [2.05, 4.69) is 4.98 Å². The number of hydrogen-bond acceptors (Lipinski definition) is 4. The number of nitrogens with two attached hydrogens (primary N) is 1. The smallest absolute Gasteiger partial charge is 0.277 e. The molecule has 1 heterocycles. The molecule has 1 aromatic heterocycles. The minimum absolute atomic E-state index is 0.250. The molecule has 0 aliphatic heterocycles. The number of thiazole rings is 1. The second kappa shape index (κ2) is 4.06. The van der Waals surface area contributed by atoms with E-state index in [9.17, 15) is 9.90 Å². The number of nitrogens with zero attached hydrogens (tertiary/aromatic N) is 1. The zero-order valence-corrected chi connectivity index (χ0v) is 9.10. The van der Waals surface area contributed by atoms with Crippen molar-refractivity contribution in [1.29, 1.82) is 0 Å². The third kappa shape index (κ3) is 1.93. The summed E-state index contributed by atoms with van der Waals surface area (Å²) >= 11 is 1.16. The lowest BCUT2D eigenvalue weighted by Gasteiger charge is -2.22. The molecule has 14 heavy (non-hydrogen) atoms. The van der Waals surface area contributed by atoms with Gasteiger partial charge in [0.1, 0.15) is 0 Å². The quantitative estimate of drug-likeness (QED) is 0.792.